The van der Waals surface area contributed by atoms with Gasteiger partial charge in [0.1, 0.15) is 0 Å². The molecule has 0 aliphatic carbocycles. The molecule has 0 amide bonds. The van der Waals surface area contributed by atoms with Crippen LogP contribution in [0.25, 0.3) is 0 Å². The largest absolute Gasteiger partial charge is 0.392 e. The first-order valence-electron chi connectivity index (χ1n) is 8.27. The lowest BCUT2D eigenvalue weighted by atomic mass is 10.1. The second kappa shape index (κ2) is 10.9. The van der Waals surface area contributed by atoms with Crippen LogP contribution >= 0.6 is 0 Å². The van der Waals surface area contributed by atoms with Crippen LogP contribution in [0.1, 0.15) is 79.1 Å². The van der Waals surface area contributed by atoms with Crippen LogP contribution in [0.3, 0.4) is 0 Å². The van der Waals surface area contributed by atoms with E-state index in [-0.39, 0.29) is 0 Å². The van der Waals surface area contributed by atoms with Crippen LogP contribution < -0.4 is 0 Å². The van der Waals surface area contributed by atoms with E-state index in [9.17, 15) is 0 Å². The molecular weight excluding hydrogens is 252 g/mol. The zero-order valence-corrected chi connectivity index (χ0v) is 15.1. The van der Waals surface area contributed by atoms with E-state index >= 15 is 0 Å². The van der Waals surface area contributed by atoms with E-state index in [4.69, 9.17) is 8.85 Å². The summed E-state index contributed by atoms with van der Waals surface area (Å²) in [6.45, 7) is 13.2. The highest BCUT2D eigenvalue weighted by Crippen LogP contribution is 2.18. The summed E-state index contributed by atoms with van der Waals surface area (Å²) in [5, 5.41) is 0. The Morgan fingerprint density at radius 1 is 0.737 bits per heavy atom. The van der Waals surface area contributed by atoms with Gasteiger partial charge in [-0.1, -0.05) is 52.4 Å². The fraction of sp³-hybridized carbons (Fsp3) is 1.00. The summed E-state index contributed by atoms with van der Waals surface area (Å²) >= 11 is 0. The topological polar surface area (TPSA) is 18.5 Å². The Kier molecular flexibility index (Phi) is 10.9. The molecule has 0 aromatic rings. The summed E-state index contributed by atoms with van der Waals surface area (Å²) in [6.07, 6.45) is 10.7. The average Bonchev–Trinajstić information content (AvgIpc) is 2.28. The van der Waals surface area contributed by atoms with E-state index in [1.165, 1.54) is 38.5 Å². The molecule has 0 heterocycles. The van der Waals surface area contributed by atoms with Crippen LogP contribution in [0.2, 0.25) is 13.1 Å². The molecule has 0 saturated carbocycles. The third-order valence-corrected chi connectivity index (χ3v) is 5.34. The Labute approximate surface area is 122 Å². The Hall–Kier alpha value is 0.137. The maximum absolute atomic E-state index is 6.18. The summed E-state index contributed by atoms with van der Waals surface area (Å²) in [4.78, 5) is 0. The minimum Gasteiger partial charge on any atom is -0.392 e. The molecule has 0 N–H and O–H groups in total. The minimum atomic E-state index is -1.95. The van der Waals surface area contributed by atoms with Gasteiger partial charge in [-0.05, 0) is 39.8 Å². The second-order valence-corrected chi connectivity index (χ2v) is 9.52. The van der Waals surface area contributed by atoms with Gasteiger partial charge in [0.05, 0.1) is 0 Å². The Bertz CT molecular complexity index is 187. The van der Waals surface area contributed by atoms with Crippen molar-refractivity contribution in [3.63, 3.8) is 0 Å². The van der Waals surface area contributed by atoms with Crippen LogP contribution in [-0.2, 0) is 8.85 Å². The molecule has 2 atom stereocenters. The molecular formula is C16H36O2Si. The zero-order valence-electron chi connectivity index (χ0n) is 14.1. The lowest BCUT2D eigenvalue weighted by molar-refractivity contribution is 0.0896. The monoisotopic (exact) mass is 288 g/mol. The van der Waals surface area contributed by atoms with Gasteiger partial charge in [-0.25, -0.2) is 0 Å². The second-order valence-electron chi connectivity index (χ2n) is 6.25. The summed E-state index contributed by atoms with van der Waals surface area (Å²) in [6, 6.07) is 0. The Morgan fingerprint density at radius 3 is 1.42 bits per heavy atom. The first kappa shape index (κ1) is 19.1. The average molecular weight is 289 g/mol. The molecule has 0 spiro atoms. The molecule has 3 heteroatoms. The number of rotatable bonds is 12. The van der Waals surface area contributed by atoms with E-state index in [2.05, 4.69) is 40.8 Å². The molecule has 0 aliphatic heterocycles. The maximum Gasteiger partial charge on any atom is 0.332 e. The molecule has 0 aromatic carbocycles. The lowest BCUT2D eigenvalue weighted by Gasteiger charge is -2.30. The summed E-state index contributed by atoms with van der Waals surface area (Å²) < 4.78 is 12.4. The third-order valence-electron chi connectivity index (χ3n) is 3.40. The minimum absolute atomic E-state index is 0.344. The van der Waals surface area contributed by atoms with Gasteiger partial charge < -0.3 is 8.85 Å². The molecule has 0 aliphatic rings. The molecule has 2 nitrogen and oxygen atoms in total. The van der Waals surface area contributed by atoms with Gasteiger partial charge in [0, 0.05) is 12.2 Å². The normalized spacial score (nSPS) is 15.5. The van der Waals surface area contributed by atoms with Crippen LogP contribution in [0.5, 0.6) is 0 Å². The quantitative estimate of drug-likeness (QED) is 0.341. The van der Waals surface area contributed by atoms with Crippen LogP contribution in [0.4, 0.5) is 0 Å². The highest BCUT2D eigenvalue weighted by molar-refractivity contribution is 6.64. The fourth-order valence-corrected chi connectivity index (χ4v) is 4.71. The van der Waals surface area contributed by atoms with Crippen molar-refractivity contribution >= 4 is 8.56 Å². The predicted molar refractivity (Wildman–Crippen MR) is 86.9 cm³/mol. The highest BCUT2D eigenvalue weighted by atomic mass is 28.4. The third kappa shape index (κ3) is 11.6. The van der Waals surface area contributed by atoms with Crippen LogP contribution in [-0.4, -0.2) is 20.8 Å². The highest BCUT2D eigenvalue weighted by Gasteiger charge is 2.29. The molecule has 0 saturated heterocycles. The first-order chi connectivity index (χ1) is 8.91. The van der Waals surface area contributed by atoms with E-state index in [0.717, 1.165) is 12.8 Å². The van der Waals surface area contributed by atoms with Crippen molar-refractivity contribution in [2.75, 3.05) is 0 Å². The van der Waals surface area contributed by atoms with Gasteiger partial charge in [-0.3, -0.25) is 0 Å². The van der Waals surface area contributed by atoms with Crippen molar-refractivity contribution in [2.45, 2.75) is 104 Å². The van der Waals surface area contributed by atoms with Crippen molar-refractivity contribution in [2.24, 2.45) is 0 Å². The lowest BCUT2D eigenvalue weighted by Crippen LogP contribution is -2.41. The van der Waals surface area contributed by atoms with Crippen molar-refractivity contribution in [1.82, 2.24) is 0 Å². The van der Waals surface area contributed by atoms with E-state index in [1.807, 2.05) is 0 Å². The number of unbranched alkanes of at least 4 members (excludes halogenated alkanes) is 4. The summed E-state index contributed by atoms with van der Waals surface area (Å²) in [5.74, 6) is 0. The summed E-state index contributed by atoms with van der Waals surface area (Å²) in [5.41, 5.74) is 0. The zero-order chi connectivity index (χ0) is 14.7. The first-order valence-corrected chi connectivity index (χ1v) is 11.1. The number of hydrogen-bond donors (Lipinski definition) is 0. The van der Waals surface area contributed by atoms with E-state index < -0.39 is 8.56 Å². The SMILES string of the molecule is CCCCCC(C)O[Si](C)(C)OC(C)CCCCC. The fourth-order valence-electron chi connectivity index (χ4n) is 2.48. The van der Waals surface area contributed by atoms with Crippen molar-refractivity contribution in [3.05, 3.63) is 0 Å². The number of hydrogen-bond acceptors (Lipinski definition) is 2. The standard InChI is InChI=1S/C16H36O2Si/c1-7-9-11-13-15(3)17-19(5,6)18-16(4)14-12-10-8-2/h15-16H,7-14H2,1-6H3. The van der Waals surface area contributed by atoms with Gasteiger partial charge >= 0.3 is 8.56 Å². The Balaban J connectivity index is 3.87. The van der Waals surface area contributed by atoms with Gasteiger partial charge in [-0.2, -0.15) is 0 Å². The van der Waals surface area contributed by atoms with Crippen molar-refractivity contribution < 1.29 is 8.85 Å². The molecule has 0 aromatic heterocycles. The smallest absolute Gasteiger partial charge is 0.332 e. The van der Waals surface area contributed by atoms with Crippen molar-refractivity contribution in [3.8, 4) is 0 Å². The van der Waals surface area contributed by atoms with Gasteiger partial charge in [0.2, 0.25) is 0 Å². The van der Waals surface area contributed by atoms with Crippen LogP contribution in [0, 0.1) is 0 Å². The molecule has 0 rings (SSSR count). The maximum atomic E-state index is 6.18. The molecule has 0 radical (unpaired) electrons. The van der Waals surface area contributed by atoms with Gasteiger partial charge in [0.25, 0.3) is 0 Å². The van der Waals surface area contributed by atoms with E-state index in [1.54, 1.807) is 0 Å². The van der Waals surface area contributed by atoms with E-state index in [0.29, 0.717) is 12.2 Å². The molecule has 2 unspecified atom stereocenters. The Morgan fingerprint density at radius 2 is 1.11 bits per heavy atom. The molecule has 0 fully saturated rings. The molecule has 0 bridgehead atoms. The van der Waals surface area contributed by atoms with Gasteiger partial charge in [0.15, 0.2) is 0 Å². The summed E-state index contributed by atoms with van der Waals surface area (Å²) in [7, 11) is -1.95. The molecule has 116 valence electrons. The van der Waals surface area contributed by atoms with Crippen molar-refractivity contribution in [1.29, 1.82) is 0 Å². The van der Waals surface area contributed by atoms with Gasteiger partial charge in [-0.15, -0.1) is 0 Å². The molecule has 19 heavy (non-hydrogen) atoms. The predicted octanol–water partition coefficient (Wildman–Crippen LogP) is 5.66. The van der Waals surface area contributed by atoms with Crippen LogP contribution in [0.15, 0.2) is 0 Å².